The highest BCUT2D eigenvalue weighted by atomic mass is 16.6. The molecule has 170 valence electrons. The molecule has 4 rings (SSSR count). The molecule has 1 aliphatic heterocycles. The van der Waals surface area contributed by atoms with Gasteiger partial charge in [0, 0.05) is 31.3 Å². The van der Waals surface area contributed by atoms with Gasteiger partial charge >= 0.3 is 0 Å². The molecule has 6 heteroatoms. The van der Waals surface area contributed by atoms with Gasteiger partial charge in [0.25, 0.3) is 11.6 Å². The minimum absolute atomic E-state index is 0.00720. The Morgan fingerprint density at radius 1 is 0.939 bits per heavy atom. The lowest BCUT2D eigenvalue weighted by molar-refractivity contribution is -0.384. The van der Waals surface area contributed by atoms with Gasteiger partial charge in [0.2, 0.25) is 0 Å². The molecule has 0 spiro atoms. The van der Waals surface area contributed by atoms with Crippen molar-refractivity contribution in [3.8, 4) is 0 Å². The van der Waals surface area contributed by atoms with E-state index in [1.165, 1.54) is 11.6 Å². The molecular weight excluding hydrogens is 414 g/mol. The van der Waals surface area contributed by atoms with Gasteiger partial charge in [0.15, 0.2) is 0 Å². The summed E-state index contributed by atoms with van der Waals surface area (Å²) in [5.74, 6) is 0.291. The maximum absolute atomic E-state index is 12.6. The lowest BCUT2D eigenvalue weighted by Gasteiger charge is -2.33. The molecule has 3 aromatic rings. The van der Waals surface area contributed by atoms with Gasteiger partial charge in [-0.1, -0.05) is 60.7 Å². The molecule has 0 saturated carbocycles. The van der Waals surface area contributed by atoms with E-state index in [0.717, 1.165) is 37.9 Å². The summed E-state index contributed by atoms with van der Waals surface area (Å²) in [6.07, 6.45) is 3.74. The molecule has 1 amide bonds. The highest BCUT2D eigenvalue weighted by Crippen LogP contribution is 2.33. The van der Waals surface area contributed by atoms with Crippen molar-refractivity contribution < 1.29 is 9.72 Å². The largest absolute Gasteiger partial charge is 0.366 e. The number of rotatable bonds is 8. The number of benzene rings is 3. The first-order valence-corrected chi connectivity index (χ1v) is 11.5. The fourth-order valence-electron chi connectivity index (χ4n) is 4.47. The van der Waals surface area contributed by atoms with E-state index >= 15 is 0 Å². The standard InChI is InChI=1S/C27H29N3O3/c31-27(28-16-13-21-7-3-1-4-8-21)24-11-12-25(26(20-24)30(32)33)29-17-14-23(15-18-29)19-22-9-5-2-6-10-22/h1-12,20,23H,13-19H2,(H,28,31). The van der Waals surface area contributed by atoms with E-state index in [-0.39, 0.29) is 16.5 Å². The molecule has 1 fully saturated rings. The van der Waals surface area contributed by atoms with Crippen LogP contribution < -0.4 is 10.2 Å². The lowest BCUT2D eigenvalue weighted by Crippen LogP contribution is -2.34. The number of anilines is 1. The van der Waals surface area contributed by atoms with Gasteiger partial charge < -0.3 is 10.2 Å². The van der Waals surface area contributed by atoms with Crippen molar-refractivity contribution in [3.05, 3.63) is 106 Å². The zero-order valence-corrected chi connectivity index (χ0v) is 18.7. The third-order valence-corrected chi connectivity index (χ3v) is 6.30. The second-order valence-corrected chi connectivity index (χ2v) is 8.57. The van der Waals surface area contributed by atoms with E-state index in [9.17, 15) is 14.9 Å². The molecule has 33 heavy (non-hydrogen) atoms. The SMILES string of the molecule is O=C(NCCc1ccccc1)c1ccc(N2CCC(Cc3ccccc3)CC2)c([N+](=O)[O-])c1. The number of nitrogens with zero attached hydrogens (tertiary/aromatic N) is 2. The van der Waals surface area contributed by atoms with Crippen molar-refractivity contribution in [3.63, 3.8) is 0 Å². The molecule has 0 aliphatic carbocycles. The molecule has 0 unspecified atom stereocenters. The zero-order valence-electron chi connectivity index (χ0n) is 18.7. The average Bonchev–Trinajstić information content (AvgIpc) is 2.85. The van der Waals surface area contributed by atoms with Crippen LogP contribution in [-0.4, -0.2) is 30.5 Å². The number of hydrogen-bond donors (Lipinski definition) is 1. The first-order valence-electron chi connectivity index (χ1n) is 11.5. The van der Waals surface area contributed by atoms with Crippen LogP contribution in [0.2, 0.25) is 0 Å². The van der Waals surface area contributed by atoms with E-state index in [0.29, 0.717) is 30.1 Å². The second-order valence-electron chi connectivity index (χ2n) is 8.57. The minimum Gasteiger partial charge on any atom is -0.366 e. The molecule has 3 aromatic carbocycles. The summed E-state index contributed by atoms with van der Waals surface area (Å²) in [6.45, 7) is 2.04. The Kier molecular flexibility index (Phi) is 7.35. The summed E-state index contributed by atoms with van der Waals surface area (Å²) in [5, 5.41) is 14.7. The van der Waals surface area contributed by atoms with Crippen LogP contribution in [0, 0.1) is 16.0 Å². The number of carbonyl (C=O) groups excluding carboxylic acids is 1. The summed E-state index contributed by atoms with van der Waals surface area (Å²) < 4.78 is 0. The van der Waals surface area contributed by atoms with Crippen LogP contribution in [0.3, 0.4) is 0 Å². The van der Waals surface area contributed by atoms with Crippen LogP contribution in [0.15, 0.2) is 78.9 Å². The Morgan fingerprint density at radius 2 is 1.58 bits per heavy atom. The third kappa shape index (κ3) is 5.98. The minimum atomic E-state index is -0.383. The van der Waals surface area contributed by atoms with E-state index in [1.54, 1.807) is 12.1 Å². The maximum Gasteiger partial charge on any atom is 0.293 e. The van der Waals surface area contributed by atoms with Crippen molar-refractivity contribution in [2.45, 2.75) is 25.7 Å². The van der Waals surface area contributed by atoms with E-state index in [4.69, 9.17) is 0 Å². The van der Waals surface area contributed by atoms with Crippen molar-refractivity contribution in [2.75, 3.05) is 24.5 Å². The lowest BCUT2D eigenvalue weighted by atomic mass is 9.90. The van der Waals surface area contributed by atoms with E-state index in [2.05, 4.69) is 34.5 Å². The molecule has 1 heterocycles. The van der Waals surface area contributed by atoms with Crippen LogP contribution in [0.5, 0.6) is 0 Å². The molecule has 1 saturated heterocycles. The topological polar surface area (TPSA) is 75.5 Å². The van der Waals surface area contributed by atoms with Crippen molar-refractivity contribution in [1.29, 1.82) is 0 Å². The van der Waals surface area contributed by atoms with Gasteiger partial charge in [-0.15, -0.1) is 0 Å². The second kappa shape index (κ2) is 10.8. The predicted octanol–water partition coefficient (Wildman–Crippen LogP) is 5.03. The number of amides is 1. The summed E-state index contributed by atoms with van der Waals surface area (Å²) in [7, 11) is 0. The number of piperidine rings is 1. The summed E-state index contributed by atoms with van der Waals surface area (Å²) in [5.41, 5.74) is 3.38. The zero-order chi connectivity index (χ0) is 23.0. The highest BCUT2D eigenvalue weighted by molar-refractivity contribution is 5.95. The van der Waals surface area contributed by atoms with Gasteiger partial charge in [-0.25, -0.2) is 0 Å². The van der Waals surface area contributed by atoms with Crippen molar-refractivity contribution in [1.82, 2.24) is 5.32 Å². The monoisotopic (exact) mass is 443 g/mol. The Bertz CT molecular complexity index is 1080. The first-order chi connectivity index (χ1) is 16.1. The molecular formula is C27H29N3O3. The molecule has 1 N–H and O–H groups in total. The molecule has 0 radical (unpaired) electrons. The highest BCUT2D eigenvalue weighted by Gasteiger charge is 2.26. The van der Waals surface area contributed by atoms with Crippen LogP contribution in [0.4, 0.5) is 11.4 Å². The van der Waals surface area contributed by atoms with Gasteiger partial charge in [-0.3, -0.25) is 14.9 Å². The van der Waals surface area contributed by atoms with Crippen LogP contribution in [-0.2, 0) is 12.8 Å². The van der Waals surface area contributed by atoms with Gasteiger partial charge in [0.1, 0.15) is 5.69 Å². The fraction of sp³-hybridized carbons (Fsp3) is 0.296. The molecule has 1 aliphatic rings. The van der Waals surface area contributed by atoms with Crippen LogP contribution in [0.25, 0.3) is 0 Å². The smallest absolute Gasteiger partial charge is 0.293 e. The normalized spacial score (nSPS) is 14.1. The van der Waals surface area contributed by atoms with Crippen LogP contribution >= 0.6 is 0 Å². The van der Waals surface area contributed by atoms with E-state index < -0.39 is 0 Å². The Hall–Kier alpha value is -3.67. The number of carbonyl (C=O) groups is 1. The first kappa shape index (κ1) is 22.5. The quantitative estimate of drug-likeness (QED) is 0.392. The Labute approximate surface area is 194 Å². The summed E-state index contributed by atoms with van der Waals surface area (Å²) in [6, 6.07) is 25.2. The Morgan fingerprint density at radius 3 is 2.21 bits per heavy atom. The van der Waals surface area contributed by atoms with Gasteiger partial charge in [-0.05, 0) is 54.9 Å². The number of nitro groups is 1. The average molecular weight is 444 g/mol. The molecule has 0 atom stereocenters. The van der Waals surface area contributed by atoms with Crippen LogP contribution in [0.1, 0.15) is 34.3 Å². The van der Waals surface area contributed by atoms with Gasteiger partial charge in [-0.2, -0.15) is 0 Å². The number of nitro benzene ring substituents is 1. The fourth-order valence-corrected chi connectivity index (χ4v) is 4.47. The van der Waals surface area contributed by atoms with Crippen molar-refractivity contribution >= 4 is 17.3 Å². The third-order valence-electron chi connectivity index (χ3n) is 6.30. The van der Waals surface area contributed by atoms with Gasteiger partial charge in [0.05, 0.1) is 4.92 Å². The molecule has 0 bridgehead atoms. The maximum atomic E-state index is 12.6. The number of nitrogens with one attached hydrogen (secondary N) is 1. The Balaban J connectivity index is 1.37. The molecule has 6 nitrogen and oxygen atoms in total. The number of hydrogen-bond acceptors (Lipinski definition) is 4. The predicted molar refractivity (Wildman–Crippen MR) is 131 cm³/mol. The van der Waals surface area contributed by atoms with Crippen molar-refractivity contribution in [2.24, 2.45) is 5.92 Å². The van der Waals surface area contributed by atoms with E-state index in [1.807, 2.05) is 36.4 Å². The summed E-state index contributed by atoms with van der Waals surface area (Å²) in [4.78, 5) is 26.1. The summed E-state index contributed by atoms with van der Waals surface area (Å²) >= 11 is 0. The molecule has 0 aromatic heterocycles.